The summed E-state index contributed by atoms with van der Waals surface area (Å²) in [5, 5.41) is 0. The van der Waals surface area contributed by atoms with Gasteiger partial charge in [-0.25, -0.2) is 14.4 Å². The topological polar surface area (TPSA) is 44.9 Å². The predicted molar refractivity (Wildman–Crippen MR) is 98.1 cm³/mol. The Balaban J connectivity index is 1.80. The molecule has 0 atom stereocenters. The molecule has 5 nitrogen and oxygen atoms in total. The van der Waals surface area contributed by atoms with Crippen LogP contribution in [0.3, 0.4) is 0 Å². The van der Waals surface area contributed by atoms with Gasteiger partial charge in [0, 0.05) is 24.5 Å². The highest BCUT2D eigenvalue weighted by Crippen LogP contribution is 2.25. The van der Waals surface area contributed by atoms with E-state index in [9.17, 15) is 4.39 Å². The van der Waals surface area contributed by atoms with Crippen molar-refractivity contribution < 1.29 is 9.23 Å². The molecule has 0 saturated heterocycles. The van der Waals surface area contributed by atoms with Crippen molar-refractivity contribution in [3.05, 3.63) is 85.2 Å². The van der Waals surface area contributed by atoms with Gasteiger partial charge in [-0.2, -0.15) is 4.73 Å². The molecule has 2 heterocycles. The number of hydrogen-bond acceptors (Lipinski definition) is 3. The summed E-state index contributed by atoms with van der Waals surface area (Å²) in [5.41, 5.74) is 3.54. The van der Waals surface area contributed by atoms with Gasteiger partial charge < -0.3 is 9.40 Å². The fourth-order valence-electron chi connectivity index (χ4n) is 2.83. The molecule has 0 N–H and O–H groups in total. The highest BCUT2D eigenvalue weighted by atomic mass is 19.1. The molecular formula is C20H17FN4O. The molecule has 0 spiro atoms. The summed E-state index contributed by atoms with van der Waals surface area (Å²) in [7, 11) is 0. The zero-order chi connectivity index (χ0) is 17.9. The lowest BCUT2D eigenvalue weighted by Gasteiger charge is -2.10. The Bertz CT molecular complexity index is 1040. The number of benzene rings is 2. The number of rotatable bonds is 6. The smallest absolute Gasteiger partial charge is 0.176 e. The summed E-state index contributed by atoms with van der Waals surface area (Å²) in [4.78, 5) is 14.6. The van der Waals surface area contributed by atoms with E-state index in [1.54, 1.807) is 35.5 Å². The molecule has 0 aliphatic rings. The van der Waals surface area contributed by atoms with E-state index in [2.05, 4.69) is 16.5 Å². The molecule has 0 aliphatic carbocycles. The van der Waals surface area contributed by atoms with E-state index in [1.165, 1.54) is 12.1 Å². The van der Waals surface area contributed by atoms with Crippen LogP contribution in [-0.2, 0) is 6.54 Å². The lowest BCUT2D eigenvalue weighted by molar-refractivity contribution is 0.148. The van der Waals surface area contributed by atoms with Crippen molar-refractivity contribution in [2.75, 3.05) is 6.61 Å². The van der Waals surface area contributed by atoms with Gasteiger partial charge in [-0.1, -0.05) is 18.7 Å². The Labute approximate surface area is 150 Å². The molecule has 0 aliphatic heterocycles. The van der Waals surface area contributed by atoms with E-state index >= 15 is 0 Å². The summed E-state index contributed by atoms with van der Waals surface area (Å²) in [6.45, 7) is 4.74. The minimum Gasteiger partial charge on any atom is -0.408 e. The molecule has 2 aromatic heterocycles. The van der Waals surface area contributed by atoms with E-state index < -0.39 is 0 Å². The normalized spacial score (nSPS) is 11.0. The van der Waals surface area contributed by atoms with Crippen LogP contribution in [0.25, 0.3) is 22.4 Å². The first-order valence-corrected chi connectivity index (χ1v) is 8.22. The molecule has 0 radical (unpaired) electrons. The van der Waals surface area contributed by atoms with Crippen LogP contribution < -0.4 is 4.84 Å². The number of hydrogen-bond donors (Lipinski definition) is 0. The van der Waals surface area contributed by atoms with E-state index in [4.69, 9.17) is 4.84 Å². The number of imidazole rings is 2. The quantitative estimate of drug-likeness (QED) is 0.499. The Morgan fingerprint density at radius 1 is 1.15 bits per heavy atom. The van der Waals surface area contributed by atoms with Crippen molar-refractivity contribution in [2.45, 2.75) is 6.54 Å². The Morgan fingerprint density at radius 2 is 2.00 bits per heavy atom. The van der Waals surface area contributed by atoms with Crippen molar-refractivity contribution in [1.82, 2.24) is 19.3 Å². The largest absolute Gasteiger partial charge is 0.408 e. The van der Waals surface area contributed by atoms with E-state index in [1.807, 2.05) is 29.0 Å². The fourth-order valence-corrected chi connectivity index (χ4v) is 2.83. The van der Waals surface area contributed by atoms with Gasteiger partial charge in [-0.3, -0.25) is 0 Å². The molecule has 130 valence electrons. The summed E-state index contributed by atoms with van der Waals surface area (Å²) in [5.74, 6) is 0.340. The monoisotopic (exact) mass is 348 g/mol. The van der Waals surface area contributed by atoms with Gasteiger partial charge in [-0.05, 0) is 42.0 Å². The number of aromatic nitrogens is 4. The zero-order valence-electron chi connectivity index (χ0n) is 14.0. The van der Waals surface area contributed by atoms with Crippen molar-refractivity contribution in [3.63, 3.8) is 0 Å². The molecule has 0 unspecified atom stereocenters. The molecule has 6 heteroatoms. The third-order valence-electron chi connectivity index (χ3n) is 4.03. The molecule has 0 fully saturated rings. The summed E-state index contributed by atoms with van der Waals surface area (Å²) >= 11 is 0. The maximum atomic E-state index is 13.3. The molecule has 26 heavy (non-hydrogen) atoms. The van der Waals surface area contributed by atoms with E-state index in [-0.39, 0.29) is 5.82 Å². The Morgan fingerprint density at radius 3 is 2.73 bits per heavy atom. The van der Waals surface area contributed by atoms with Crippen LogP contribution >= 0.6 is 0 Å². The lowest BCUT2D eigenvalue weighted by atomic mass is 10.2. The summed E-state index contributed by atoms with van der Waals surface area (Å²) in [6, 6.07) is 12.2. The van der Waals surface area contributed by atoms with Crippen molar-refractivity contribution in [3.8, 4) is 11.4 Å². The van der Waals surface area contributed by atoms with Crippen LogP contribution in [0.2, 0.25) is 0 Å². The average Bonchev–Trinajstić information content (AvgIpc) is 3.28. The number of halogens is 1. The molecule has 4 rings (SSSR count). The van der Waals surface area contributed by atoms with E-state index in [0.29, 0.717) is 19.0 Å². The maximum Gasteiger partial charge on any atom is 0.176 e. The molecule has 0 bridgehead atoms. The minimum atomic E-state index is -0.286. The van der Waals surface area contributed by atoms with Gasteiger partial charge in [0.15, 0.2) is 5.82 Å². The second kappa shape index (κ2) is 6.84. The third kappa shape index (κ3) is 3.09. The summed E-state index contributed by atoms with van der Waals surface area (Å²) in [6.07, 6.45) is 7.12. The average molecular weight is 348 g/mol. The predicted octanol–water partition coefficient (Wildman–Crippen LogP) is 3.70. The van der Waals surface area contributed by atoms with Gasteiger partial charge >= 0.3 is 0 Å². The number of nitrogens with zero attached hydrogens (tertiary/aromatic N) is 4. The van der Waals surface area contributed by atoms with Gasteiger partial charge in [0.05, 0.1) is 11.8 Å². The second-order valence-corrected chi connectivity index (χ2v) is 5.88. The second-order valence-electron chi connectivity index (χ2n) is 5.88. The SMILES string of the molecule is C=CCOn1c(-c2ccc(F)cc2)nc2ccc(Cn3ccnc3)cc21. The van der Waals surface area contributed by atoms with Crippen LogP contribution in [0.4, 0.5) is 4.39 Å². The first-order chi connectivity index (χ1) is 12.7. The molecule has 4 aromatic rings. The highest BCUT2D eigenvalue weighted by molar-refractivity contribution is 5.81. The Hall–Kier alpha value is -3.41. The van der Waals surface area contributed by atoms with Crippen molar-refractivity contribution in [2.24, 2.45) is 0 Å². The number of fused-ring (bicyclic) bond motifs is 1. The van der Waals surface area contributed by atoms with Gasteiger partial charge in [-0.15, -0.1) is 0 Å². The van der Waals surface area contributed by atoms with Crippen LogP contribution in [-0.4, -0.2) is 25.9 Å². The van der Waals surface area contributed by atoms with Crippen LogP contribution in [0.15, 0.2) is 73.8 Å². The maximum absolute atomic E-state index is 13.3. The first kappa shape index (κ1) is 16.1. The van der Waals surface area contributed by atoms with Gasteiger partial charge in [0.2, 0.25) is 0 Å². The zero-order valence-corrected chi connectivity index (χ0v) is 14.0. The molecule has 0 saturated carbocycles. The molecular weight excluding hydrogens is 331 g/mol. The van der Waals surface area contributed by atoms with Crippen LogP contribution in [0.5, 0.6) is 0 Å². The summed E-state index contributed by atoms with van der Waals surface area (Å²) < 4.78 is 16.9. The van der Waals surface area contributed by atoms with Crippen LogP contribution in [0.1, 0.15) is 5.56 Å². The van der Waals surface area contributed by atoms with E-state index in [0.717, 1.165) is 22.2 Å². The van der Waals surface area contributed by atoms with Gasteiger partial charge in [0.1, 0.15) is 17.9 Å². The minimum absolute atomic E-state index is 0.286. The first-order valence-electron chi connectivity index (χ1n) is 8.22. The lowest BCUT2D eigenvalue weighted by Crippen LogP contribution is -2.12. The highest BCUT2D eigenvalue weighted by Gasteiger charge is 2.14. The van der Waals surface area contributed by atoms with Crippen molar-refractivity contribution in [1.29, 1.82) is 0 Å². The fraction of sp³-hybridized carbons (Fsp3) is 0.100. The molecule has 2 aromatic carbocycles. The van der Waals surface area contributed by atoms with Crippen molar-refractivity contribution >= 4 is 11.0 Å². The van der Waals surface area contributed by atoms with Gasteiger partial charge in [0.25, 0.3) is 0 Å². The Kier molecular flexibility index (Phi) is 4.23. The third-order valence-corrected chi connectivity index (χ3v) is 4.03. The van der Waals surface area contributed by atoms with Crippen LogP contribution in [0, 0.1) is 5.82 Å². The standard InChI is InChI=1S/C20H17FN4O/c1-2-11-26-25-19-12-15(13-24-10-9-22-14-24)3-8-18(19)23-20(25)16-4-6-17(21)7-5-16/h2-10,12,14H,1,11,13H2. The molecule has 0 amide bonds.